The van der Waals surface area contributed by atoms with Gasteiger partial charge in [-0.1, -0.05) is 17.7 Å². The first-order chi connectivity index (χ1) is 9.63. The summed E-state index contributed by atoms with van der Waals surface area (Å²) in [5.41, 5.74) is 7.50. The van der Waals surface area contributed by atoms with E-state index in [0.29, 0.717) is 17.1 Å². The van der Waals surface area contributed by atoms with Crippen LogP contribution in [0.25, 0.3) is 0 Å². The quantitative estimate of drug-likeness (QED) is 0.683. The maximum atomic E-state index is 13.2. The molecule has 0 aromatic heterocycles. The third-order valence-electron chi connectivity index (χ3n) is 3.17. The molecular weight excluding hydrogens is 297 g/mol. The third kappa shape index (κ3) is 2.72. The average Bonchev–Trinajstić information content (AvgIpc) is 2.80. The van der Waals surface area contributed by atoms with Crippen molar-refractivity contribution in [3.63, 3.8) is 0 Å². The van der Waals surface area contributed by atoms with Crippen LogP contribution in [0.5, 0.6) is 5.75 Å². The third-order valence-corrected chi connectivity index (χ3v) is 4.88. The molecular formula is C15H13ClFNOS. The summed E-state index contributed by atoms with van der Waals surface area (Å²) in [7, 11) is 0. The molecule has 1 atom stereocenters. The second kappa shape index (κ2) is 5.54. The Labute approximate surface area is 126 Å². The summed E-state index contributed by atoms with van der Waals surface area (Å²) in [4.78, 5) is 0.875. The monoisotopic (exact) mass is 309 g/mol. The molecule has 0 fully saturated rings. The number of anilines is 1. The van der Waals surface area contributed by atoms with E-state index in [1.54, 1.807) is 17.8 Å². The molecule has 0 saturated carbocycles. The molecule has 0 amide bonds. The Kier molecular flexibility index (Phi) is 3.76. The molecule has 0 spiro atoms. The predicted molar refractivity (Wildman–Crippen MR) is 81.1 cm³/mol. The van der Waals surface area contributed by atoms with Gasteiger partial charge in [-0.3, -0.25) is 0 Å². The fraction of sp³-hybridized carbons (Fsp3) is 0.200. The molecule has 20 heavy (non-hydrogen) atoms. The molecule has 1 aliphatic heterocycles. The smallest absolute Gasteiger partial charge is 0.123 e. The molecule has 2 aromatic carbocycles. The number of halogens is 2. The van der Waals surface area contributed by atoms with Gasteiger partial charge in [-0.25, -0.2) is 4.39 Å². The summed E-state index contributed by atoms with van der Waals surface area (Å²) in [5, 5.41) is 0.650. The normalized spacial score (nSPS) is 16.8. The van der Waals surface area contributed by atoms with Gasteiger partial charge < -0.3 is 10.5 Å². The number of nitrogens with two attached hydrogens (primary N) is 1. The number of thioether (sulfide) groups is 1. The van der Waals surface area contributed by atoms with Crippen LogP contribution in [0, 0.1) is 5.82 Å². The molecule has 2 aromatic rings. The van der Waals surface area contributed by atoms with Crippen molar-refractivity contribution in [3.05, 3.63) is 52.8 Å². The Bertz CT molecular complexity index is 630. The van der Waals surface area contributed by atoms with Crippen LogP contribution in [-0.4, -0.2) is 11.9 Å². The number of hydrogen-bond donors (Lipinski definition) is 1. The van der Waals surface area contributed by atoms with Crippen molar-refractivity contribution in [1.29, 1.82) is 0 Å². The lowest BCUT2D eigenvalue weighted by Gasteiger charge is -2.12. The summed E-state index contributed by atoms with van der Waals surface area (Å²) in [6, 6.07) is 10.1. The van der Waals surface area contributed by atoms with E-state index in [-0.39, 0.29) is 11.9 Å². The van der Waals surface area contributed by atoms with Gasteiger partial charge in [0, 0.05) is 28.3 Å². The van der Waals surface area contributed by atoms with Gasteiger partial charge in [0.15, 0.2) is 0 Å². The van der Waals surface area contributed by atoms with Gasteiger partial charge in [-0.05, 0) is 30.3 Å². The van der Waals surface area contributed by atoms with E-state index < -0.39 is 0 Å². The van der Waals surface area contributed by atoms with Crippen LogP contribution in [-0.2, 0) is 6.42 Å². The number of rotatable bonds is 3. The topological polar surface area (TPSA) is 35.2 Å². The molecule has 0 bridgehead atoms. The predicted octanol–water partition coefficient (Wildman–Crippen LogP) is 4.16. The van der Waals surface area contributed by atoms with Crippen molar-refractivity contribution >= 4 is 29.1 Å². The minimum Gasteiger partial charge on any atom is -0.489 e. The summed E-state index contributed by atoms with van der Waals surface area (Å²) in [6.45, 7) is 0. The summed E-state index contributed by atoms with van der Waals surface area (Å²) >= 11 is 7.70. The molecule has 1 unspecified atom stereocenters. The molecule has 2 nitrogen and oxygen atoms in total. The Morgan fingerprint density at radius 1 is 1.35 bits per heavy atom. The SMILES string of the molecule is Nc1cccc(Cl)c1SCC1Cc2cc(F)ccc2O1. The first-order valence-corrected chi connectivity index (χ1v) is 7.61. The van der Waals surface area contributed by atoms with Crippen molar-refractivity contribution in [2.75, 3.05) is 11.5 Å². The second-order valence-corrected chi connectivity index (χ2v) is 6.10. The van der Waals surface area contributed by atoms with Gasteiger partial charge in [0.25, 0.3) is 0 Å². The zero-order chi connectivity index (χ0) is 14.1. The Balaban J connectivity index is 1.67. The van der Waals surface area contributed by atoms with E-state index in [4.69, 9.17) is 22.1 Å². The van der Waals surface area contributed by atoms with Crippen LogP contribution in [0.15, 0.2) is 41.3 Å². The van der Waals surface area contributed by atoms with Gasteiger partial charge in [0.1, 0.15) is 17.7 Å². The van der Waals surface area contributed by atoms with Crippen LogP contribution in [0.2, 0.25) is 5.02 Å². The maximum absolute atomic E-state index is 13.2. The average molecular weight is 310 g/mol. The van der Waals surface area contributed by atoms with E-state index in [9.17, 15) is 4.39 Å². The van der Waals surface area contributed by atoms with E-state index in [2.05, 4.69) is 0 Å². The molecule has 2 N–H and O–H groups in total. The number of fused-ring (bicyclic) bond motifs is 1. The largest absolute Gasteiger partial charge is 0.489 e. The highest BCUT2D eigenvalue weighted by atomic mass is 35.5. The van der Waals surface area contributed by atoms with Crippen molar-refractivity contribution in [2.45, 2.75) is 17.4 Å². The molecule has 1 aliphatic rings. The zero-order valence-electron chi connectivity index (χ0n) is 10.6. The van der Waals surface area contributed by atoms with Crippen molar-refractivity contribution in [3.8, 4) is 5.75 Å². The van der Waals surface area contributed by atoms with Crippen LogP contribution in [0.3, 0.4) is 0 Å². The summed E-state index contributed by atoms with van der Waals surface area (Å²) in [5.74, 6) is 1.27. The lowest BCUT2D eigenvalue weighted by Crippen LogP contribution is -2.16. The standard InChI is InChI=1S/C15H13ClFNOS/c16-12-2-1-3-13(18)15(12)20-8-11-7-9-6-10(17)4-5-14(9)19-11/h1-6,11H,7-8,18H2. The van der Waals surface area contributed by atoms with Gasteiger partial charge in [0.05, 0.1) is 5.02 Å². The van der Waals surface area contributed by atoms with Crippen LogP contribution in [0.1, 0.15) is 5.56 Å². The number of benzene rings is 2. The zero-order valence-corrected chi connectivity index (χ0v) is 12.2. The van der Waals surface area contributed by atoms with E-state index >= 15 is 0 Å². The van der Waals surface area contributed by atoms with Gasteiger partial charge in [0.2, 0.25) is 0 Å². The summed E-state index contributed by atoms with van der Waals surface area (Å²) in [6.07, 6.45) is 0.734. The fourth-order valence-corrected chi connectivity index (χ4v) is 3.56. The van der Waals surface area contributed by atoms with Crippen molar-refractivity contribution in [2.24, 2.45) is 0 Å². The minimum atomic E-state index is -0.226. The fourth-order valence-electron chi connectivity index (χ4n) is 2.24. The number of nitrogen functional groups attached to an aromatic ring is 1. The lowest BCUT2D eigenvalue weighted by atomic mass is 10.1. The highest BCUT2D eigenvalue weighted by Gasteiger charge is 2.23. The van der Waals surface area contributed by atoms with Crippen molar-refractivity contribution < 1.29 is 9.13 Å². The van der Waals surface area contributed by atoms with Crippen LogP contribution in [0.4, 0.5) is 10.1 Å². The molecule has 0 saturated heterocycles. The van der Waals surface area contributed by atoms with Gasteiger partial charge in [-0.2, -0.15) is 0 Å². The first-order valence-electron chi connectivity index (χ1n) is 6.25. The van der Waals surface area contributed by atoms with Crippen LogP contribution >= 0.6 is 23.4 Å². The van der Waals surface area contributed by atoms with E-state index in [1.165, 1.54) is 12.1 Å². The molecule has 0 radical (unpaired) electrons. The number of ether oxygens (including phenoxy) is 1. The Morgan fingerprint density at radius 2 is 2.20 bits per heavy atom. The summed E-state index contributed by atoms with van der Waals surface area (Å²) < 4.78 is 18.9. The first kappa shape index (κ1) is 13.6. The van der Waals surface area contributed by atoms with Crippen LogP contribution < -0.4 is 10.5 Å². The molecule has 104 valence electrons. The highest BCUT2D eigenvalue weighted by Crippen LogP contribution is 2.36. The van der Waals surface area contributed by atoms with Gasteiger partial charge >= 0.3 is 0 Å². The maximum Gasteiger partial charge on any atom is 0.123 e. The molecule has 5 heteroatoms. The second-order valence-electron chi connectivity index (χ2n) is 4.67. The Morgan fingerprint density at radius 3 is 3.00 bits per heavy atom. The molecule has 0 aliphatic carbocycles. The molecule has 1 heterocycles. The Hall–Kier alpha value is -1.39. The number of hydrogen-bond acceptors (Lipinski definition) is 3. The van der Waals surface area contributed by atoms with E-state index in [0.717, 1.165) is 22.0 Å². The molecule has 3 rings (SSSR count). The van der Waals surface area contributed by atoms with Gasteiger partial charge in [-0.15, -0.1) is 11.8 Å². The lowest BCUT2D eigenvalue weighted by molar-refractivity contribution is 0.259. The van der Waals surface area contributed by atoms with E-state index in [1.807, 2.05) is 18.2 Å². The minimum absolute atomic E-state index is 0.0208. The van der Waals surface area contributed by atoms with Crippen molar-refractivity contribution in [1.82, 2.24) is 0 Å². The highest BCUT2D eigenvalue weighted by molar-refractivity contribution is 7.99.